The van der Waals surface area contributed by atoms with E-state index in [-0.39, 0.29) is 6.42 Å². The number of carbonyl (C=O) groups is 1. The highest BCUT2D eigenvalue weighted by molar-refractivity contribution is 5.66. The molecule has 19 heavy (non-hydrogen) atoms. The number of benzene rings is 1. The van der Waals surface area contributed by atoms with E-state index in [9.17, 15) is 10.0 Å². The topological polar surface area (TPSA) is 69.2 Å². The van der Waals surface area contributed by atoms with Crippen molar-refractivity contribution in [1.29, 1.82) is 0 Å². The van der Waals surface area contributed by atoms with Crippen LogP contribution in [0.3, 0.4) is 0 Å². The summed E-state index contributed by atoms with van der Waals surface area (Å²) in [6.07, 6.45) is 2.74. The minimum absolute atomic E-state index is 0.116. The van der Waals surface area contributed by atoms with E-state index in [0.717, 1.165) is 16.0 Å². The molecule has 5 heteroatoms. The molecule has 1 N–H and O–H groups in total. The van der Waals surface area contributed by atoms with Gasteiger partial charge in [-0.15, -0.1) is 0 Å². The molecule has 100 valence electrons. The molecular weight excluding hydrogens is 244 g/mol. The van der Waals surface area contributed by atoms with E-state index in [1.54, 1.807) is 0 Å². The first kappa shape index (κ1) is 13.1. The smallest absolute Gasteiger partial charge is 0.303 e. The zero-order chi connectivity index (χ0) is 13.8. The van der Waals surface area contributed by atoms with Crippen molar-refractivity contribution in [3.8, 4) is 11.4 Å². The highest BCUT2D eigenvalue weighted by atomic mass is 16.5. The Kier molecular flexibility index (Phi) is 3.85. The van der Waals surface area contributed by atoms with Crippen molar-refractivity contribution in [2.45, 2.75) is 19.3 Å². The number of aromatic nitrogens is 2. The molecule has 2 rings (SSSR count). The van der Waals surface area contributed by atoms with Crippen molar-refractivity contribution in [2.75, 3.05) is 0 Å². The highest BCUT2D eigenvalue weighted by Gasteiger charge is 2.18. The minimum atomic E-state index is -0.813. The largest absolute Gasteiger partial charge is 0.710 e. The second kappa shape index (κ2) is 5.56. The average molecular weight is 260 g/mol. The summed E-state index contributed by atoms with van der Waals surface area (Å²) >= 11 is 0. The molecular formula is C14H16N2O3. The van der Waals surface area contributed by atoms with Crippen LogP contribution in [0.5, 0.6) is 0 Å². The van der Waals surface area contributed by atoms with Crippen molar-refractivity contribution in [1.82, 2.24) is 4.57 Å². The molecule has 0 atom stereocenters. The van der Waals surface area contributed by atoms with Gasteiger partial charge in [0.15, 0.2) is 0 Å². The molecule has 2 aromatic rings. The van der Waals surface area contributed by atoms with Crippen LogP contribution in [-0.4, -0.2) is 15.6 Å². The van der Waals surface area contributed by atoms with Crippen LogP contribution in [0.2, 0.25) is 0 Å². The lowest BCUT2D eigenvalue weighted by molar-refractivity contribution is -0.593. The van der Waals surface area contributed by atoms with Gasteiger partial charge in [-0.25, -0.2) is 9.30 Å². The molecule has 0 saturated carbocycles. The van der Waals surface area contributed by atoms with Gasteiger partial charge < -0.3 is 10.3 Å². The standard InChI is InChI=1S/C14H16N2O3/c1-15-12(8-5-9-13(17)18)10-16(19)14(15)11-6-3-2-4-7-11/h2-4,6-7,10H,5,8-9H2,1H3,(H,17,18). The van der Waals surface area contributed by atoms with Crippen LogP contribution in [0.1, 0.15) is 18.5 Å². The third-order valence-corrected chi connectivity index (χ3v) is 3.08. The average Bonchev–Trinajstić information content (AvgIpc) is 2.65. The summed E-state index contributed by atoms with van der Waals surface area (Å²) in [5, 5.41) is 20.6. The van der Waals surface area contributed by atoms with E-state index in [4.69, 9.17) is 5.11 Å². The third-order valence-electron chi connectivity index (χ3n) is 3.08. The maximum absolute atomic E-state index is 11.9. The quantitative estimate of drug-likeness (QED) is 0.657. The fraction of sp³-hybridized carbons (Fsp3) is 0.286. The fourth-order valence-electron chi connectivity index (χ4n) is 2.13. The minimum Gasteiger partial charge on any atom is -0.710 e. The Labute approximate surface area is 111 Å². The summed E-state index contributed by atoms with van der Waals surface area (Å²) in [4.78, 5) is 10.5. The Morgan fingerprint density at radius 3 is 2.68 bits per heavy atom. The molecule has 1 aromatic heterocycles. The lowest BCUT2D eigenvalue weighted by Gasteiger charge is -2.03. The van der Waals surface area contributed by atoms with Gasteiger partial charge in [0.05, 0.1) is 12.6 Å². The van der Waals surface area contributed by atoms with Crippen LogP contribution < -0.4 is 4.73 Å². The number of hydrogen-bond acceptors (Lipinski definition) is 2. The maximum atomic E-state index is 11.9. The molecule has 0 bridgehead atoms. The van der Waals surface area contributed by atoms with Crippen molar-refractivity contribution in [2.24, 2.45) is 7.05 Å². The molecule has 5 nitrogen and oxygen atoms in total. The summed E-state index contributed by atoms with van der Waals surface area (Å²) in [6, 6.07) is 9.42. The Bertz CT molecular complexity index is 576. The van der Waals surface area contributed by atoms with E-state index in [1.165, 1.54) is 6.20 Å². The maximum Gasteiger partial charge on any atom is 0.303 e. The van der Waals surface area contributed by atoms with Crippen molar-refractivity contribution in [3.05, 3.63) is 47.4 Å². The first-order valence-corrected chi connectivity index (χ1v) is 6.14. The molecule has 0 amide bonds. The number of aryl methyl sites for hydroxylation is 1. The predicted molar refractivity (Wildman–Crippen MR) is 70.4 cm³/mol. The van der Waals surface area contributed by atoms with Gasteiger partial charge in [0.25, 0.3) is 5.82 Å². The summed E-state index contributed by atoms with van der Waals surface area (Å²) in [5.41, 5.74) is 1.69. The molecule has 0 radical (unpaired) electrons. The molecule has 0 aliphatic carbocycles. The third kappa shape index (κ3) is 2.93. The van der Waals surface area contributed by atoms with Crippen molar-refractivity contribution >= 4 is 5.97 Å². The number of aliphatic carboxylic acids is 1. The van der Waals surface area contributed by atoms with Gasteiger partial charge in [0.1, 0.15) is 11.9 Å². The molecule has 1 heterocycles. The second-order valence-electron chi connectivity index (χ2n) is 4.44. The summed E-state index contributed by atoms with van der Waals surface area (Å²) in [7, 11) is 1.83. The number of nitrogens with zero attached hydrogens (tertiary/aromatic N) is 2. The Morgan fingerprint density at radius 1 is 1.37 bits per heavy atom. The molecule has 1 aromatic carbocycles. The molecule has 0 saturated heterocycles. The van der Waals surface area contributed by atoms with Gasteiger partial charge in [-0.2, -0.15) is 0 Å². The highest BCUT2D eigenvalue weighted by Crippen LogP contribution is 2.17. The van der Waals surface area contributed by atoms with Gasteiger partial charge in [-0.3, -0.25) is 4.79 Å². The zero-order valence-electron chi connectivity index (χ0n) is 10.7. The van der Waals surface area contributed by atoms with E-state index >= 15 is 0 Å². The van der Waals surface area contributed by atoms with Crippen molar-refractivity contribution in [3.63, 3.8) is 0 Å². The molecule has 0 unspecified atom stereocenters. The van der Waals surface area contributed by atoms with E-state index in [2.05, 4.69) is 0 Å². The van der Waals surface area contributed by atoms with Gasteiger partial charge in [-0.05, 0) is 18.6 Å². The van der Waals surface area contributed by atoms with Gasteiger partial charge >= 0.3 is 5.97 Å². The van der Waals surface area contributed by atoms with E-state index in [0.29, 0.717) is 18.7 Å². The van der Waals surface area contributed by atoms with Crippen LogP contribution in [0.15, 0.2) is 36.5 Å². The molecule has 0 aliphatic rings. The second-order valence-corrected chi connectivity index (χ2v) is 4.44. The SMILES string of the molecule is Cn1c(CCCC(=O)O)c[n+]([O-])c1-c1ccccc1. The summed E-state index contributed by atoms with van der Waals surface area (Å²) in [5.74, 6) is -0.238. The van der Waals surface area contributed by atoms with Gasteiger partial charge in [0.2, 0.25) is 0 Å². The summed E-state index contributed by atoms with van der Waals surface area (Å²) < 4.78 is 2.66. The van der Waals surface area contributed by atoms with Crippen LogP contribution >= 0.6 is 0 Å². The molecule has 0 fully saturated rings. The van der Waals surface area contributed by atoms with Crippen LogP contribution in [0.4, 0.5) is 0 Å². The molecule has 0 aliphatic heterocycles. The van der Waals surface area contributed by atoms with Crippen LogP contribution in [0, 0.1) is 5.21 Å². The van der Waals surface area contributed by atoms with E-state index in [1.807, 2.05) is 41.9 Å². The number of carboxylic acids is 1. The van der Waals surface area contributed by atoms with Crippen LogP contribution in [0.25, 0.3) is 11.4 Å². The number of rotatable bonds is 5. The first-order valence-electron chi connectivity index (χ1n) is 6.14. The monoisotopic (exact) mass is 260 g/mol. The molecule has 0 spiro atoms. The Morgan fingerprint density at radius 2 is 2.05 bits per heavy atom. The van der Waals surface area contributed by atoms with E-state index < -0.39 is 5.97 Å². The first-order chi connectivity index (χ1) is 9.09. The van der Waals surface area contributed by atoms with Crippen molar-refractivity contribution < 1.29 is 14.6 Å². The lowest BCUT2D eigenvalue weighted by Crippen LogP contribution is -2.26. The van der Waals surface area contributed by atoms with Gasteiger partial charge in [0, 0.05) is 12.8 Å². The fourth-order valence-corrected chi connectivity index (χ4v) is 2.13. The Balaban J connectivity index is 2.23. The predicted octanol–water partition coefficient (Wildman–Crippen LogP) is 1.73. The summed E-state index contributed by atoms with van der Waals surface area (Å²) in [6.45, 7) is 0. The van der Waals surface area contributed by atoms with Gasteiger partial charge in [-0.1, -0.05) is 18.2 Å². The zero-order valence-corrected chi connectivity index (χ0v) is 10.7. The number of carboxylic acid groups (broad SMARTS) is 1. The lowest BCUT2D eigenvalue weighted by atomic mass is 10.2. The number of hydrogen-bond donors (Lipinski definition) is 1. The normalized spacial score (nSPS) is 10.6. The van der Waals surface area contributed by atoms with Crippen LogP contribution in [-0.2, 0) is 18.3 Å². The number of imidazole rings is 1. The Hall–Kier alpha value is -2.30.